The molecule has 0 aliphatic heterocycles. The Morgan fingerprint density at radius 1 is 1.41 bits per heavy atom. The van der Waals surface area contributed by atoms with Crippen molar-refractivity contribution in [1.29, 1.82) is 0 Å². The van der Waals surface area contributed by atoms with Crippen molar-refractivity contribution >= 4 is 16.9 Å². The first kappa shape index (κ1) is 15.8. The van der Waals surface area contributed by atoms with E-state index >= 15 is 0 Å². The van der Waals surface area contributed by atoms with E-state index in [-0.39, 0.29) is 23.4 Å². The lowest BCUT2D eigenvalue weighted by atomic mass is 10.2. The number of phenols is 1. The molecule has 0 radical (unpaired) electrons. The van der Waals surface area contributed by atoms with Crippen LogP contribution < -0.4 is 10.3 Å². The van der Waals surface area contributed by atoms with Gasteiger partial charge in [-0.2, -0.15) is 0 Å². The smallest absolute Gasteiger partial charge is 0.326 e. The Hall–Kier alpha value is -2.57. The minimum absolute atomic E-state index is 0.0985. The average molecular weight is 306 g/mol. The van der Waals surface area contributed by atoms with Gasteiger partial charge in [0.15, 0.2) is 11.5 Å². The molecule has 1 heterocycles. The monoisotopic (exact) mass is 306 g/mol. The number of unbranched alkanes of at least 4 members (excludes halogenated alkanes) is 1. The molecule has 7 nitrogen and oxygen atoms in total. The van der Waals surface area contributed by atoms with Crippen molar-refractivity contribution in [3.05, 3.63) is 28.8 Å². The van der Waals surface area contributed by atoms with Crippen LogP contribution >= 0.6 is 0 Å². The van der Waals surface area contributed by atoms with Crippen LogP contribution in [0, 0.1) is 0 Å². The van der Waals surface area contributed by atoms with E-state index in [9.17, 15) is 14.7 Å². The van der Waals surface area contributed by atoms with E-state index in [1.54, 1.807) is 0 Å². The van der Waals surface area contributed by atoms with E-state index in [0.717, 1.165) is 12.8 Å². The number of fused-ring (bicyclic) bond motifs is 1. The number of methoxy groups -OCH3 is 1. The predicted molar refractivity (Wildman–Crippen MR) is 80.1 cm³/mol. The molecule has 0 saturated heterocycles. The van der Waals surface area contributed by atoms with Crippen molar-refractivity contribution in [2.45, 2.75) is 26.3 Å². The molecule has 0 atom stereocenters. The van der Waals surface area contributed by atoms with Gasteiger partial charge in [0.25, 0.3) is 5.56 Å². The third-order valence-corrected chi connectivity index (χ3v) is 3.19. The van der Waals surface area contributed by atoms with Gasteiger partial charge in [0.1, 0.15) is 6.54 Å². The lowest BCUT2D eigenvalue weighted by Crippen LogP contribution is -2.25. The zero-order valence-electron chi connectivity index (χ0n) is 12.5. The summed E-state index contributed by atoms with van der Waals surface area (Å²) in [5, 5.41) is 9.95. The highest BCUT2D eigenvalue weighted by Crippen LogP contribution is 2.28. The number of hydrogen-bond acceptors (Lipinski definition) is 6. The van der Waals surface area contributed by atoms with Crippen LogP contribution in [-0.2, 0) is 16.1 Å². The summed E-state index contributed by atoms with van der Waals surface area (Å²) in [5.41, 5.74) is -0.0605. The van der Waals surface area contributed by atoms with Crippen molar-refractivity contribution in [3.8, 4) is 11.5 Å². The predicted octanol–water partition coefficient (Wildman–Crippen LogP) is 1.45. The van der Waals surface area contributed by atoms with E-state index in [1.165, 1.54) is 30.1 Å². The topological polar surface area (TPSA) is 90.7 Å². The zero-order valence-corrected chi connectivity index (χ0v) is 12.5. The molecule has 0 spiro atoms. The van der Waals surface area contributed by atoms with E-state index in [0.29, 0.717) is 12.1 Å². The summed E-state index contributed by atoms with van der Waals surface area (Å²) in [6.07, 6.45) is 2.97. The largest absolute Gasteiger partial charge is 0.504 e. The lowest BCUT2D eigenvalue weighted by Gasteiger charge is -2.08. The van der Waals surface area contributed by atoms with Gasteiger partial charge in [0.05, 0.1) is 30.9 Å². The maximum Gasteiger partial charge on any atom is 0.326 e. The van der Waals surface area contributed by atoms with E-state index in [2.05, 4.69) is 4.98 Å². The molecule has 7 heteroatoms. The second-order valence-electron chi connectivity index (χ2n) is 4.79. The molecule has 22 heavy (non-hydrogen) atoms. The van der Waals surface area contributed by atoms with Crippen molar-refractivity contribution < 1.29 is 19.4 Å². The molecule has 0 amide bonds. The first-order valence-electron chi connectivity index (χ1n) is 6.98. The van der Waals surface area contributed by atoms with E-state index < -0.39 is 11.5 Å². The second-order valence-corrected chi connectivity index (χ2v) is 4.79. The average Bonchev–Trinajstić information content (AvgIpc) is 2.50. The van der Waals surface area contributed by atoms with Gasteiger partial charge in [-0.1, -0.05) is 13.3 Å². The quantitative estimate of drug-likeness (QED) is 0.641. The number of esters is 1. The van der Waals surface area contributed by atoms with E-state index in [4.69, 9.17) is 9.47 Å². The van der Waals surface area contributed by atoms with Gasteiger partial charge in [-0.15, -0.1) is 0 Å². The van der Waals surface area contributed by atoms with Crippen LogP contribution in [0.2, 0.25) is 0 Å². The number of aromatic hydroxyl groups is 1. The molecule has 2 aromatic rings. The van der Waals surface area contributed by atoms with Gasteiger partial charge in [-0.25, -0.2) is 4.98 Å². The Morgan fingerprint density at radius 3 is 2.86 bits per heavy atom. The van der Waals surface area contributed by atoms with Crippen molar-refractivity contribution in [2.24, 2.45) is 0 Å². The summed E-state index contributed by atoms with van der Waals surface area (Å²) in [7, 11) is 1.39. The second kappa shape index (κ2) is 6.93. The molecule has 1 N–H and O–H groups in total. The van der Waals surface area contributed by atoms with Gasteiger partial charge in [-0.3, -0.25) is 14.2 Å². The molecule has 1 aromatic carbocycles. The van der Waals surface area contributed by atoms with Crippen molar-refractivity contribution in [1.82, 2.24) is 9.55 Å². The number of ether oxygens (including phenoxy) is 2. The Morgan fingerprint density at radius 2 is 2.18 bits per heavy atom. The SMILES string of the molecule is CCCCOC(=O)Cn1cnc2cc(O)c(OC)cc2c1=O. The molecule has 0 bridgehead atoms. The van der Waals surface area contributed by atoms with Crippen LogP contribution in [0.25, 0.3) is 10.9 Å². The van der Waals surface area contributed by atoms with Gasteiger partial charge >= 0.3 is 5.97 Å². The molecule has 0 fully saturated rings. The number of aromatic nitrogens is 2. The first-order chi connectivity index (χ1) is 10.6. The van der Waals surface area contributed by atoms with E-state index in [1.807, 2.05) is 6.92 Å². The third-order valence-electron chi connectivity index (χ3n) is 3.19. The van der Waals surface area contributed by atoms with Crippen LogP contribution in [0.1, 0.15) is 19.8 Å². The third kappa shape index (κ3) is 3.36. The fourth-order valence-electron chi connectivity index (χ4n) is 1.97. The summed E-state index contributed by atoms with van der Waals surface area (Å²) in [5.74, 6) is -0.407. The molecular weight excluding hydrogens is 288 g/mol. The van der Waals surface area contributed by atoms with Crippen molar-refractivity contribution in [2.75, 3.05) is 13.7 Å². The minimum Gasteiger partial charge on any atom is -0.504 e. The number of rotatable bonds is 6. The highest BCUT2D eigenvalue weighted by atomic mass is 16.5. The Kier molecular flexibility index (Phi) is 4.98. The zero-order chi connectivity index (χ0) is 16.1. The normalized spacial score (nSPS) is 10.6. The molecule has 0 unspecified atom stereocenters. The summed E-state index contributed by atoms with van der Waals surface area (Å²) in [4.78, 5) is 28.1. The van der Waals surface area contributed by atoms with Crippen LogP contribution in [0.5, 0.6) is 11.5 Å². The maximum atomic E-state index is 12.4. The molecule has 0 aliphatic rings. The Labute approximate surface area is 127 Å². The number of phenolic OH excluding ortho intramolecular Hbond substituents is 1. The number of carbonyl (C=O) groups excluding carboxylic acids is 1. The summed E-state index contributed by atoms with van der Waals surface area (Å²) in [6.45, 7) is 2.13. The standard InChI is InChI=1S/C15H18N2O5/c1-3-4-5-22-14(19)8-17-9-16-11-7-12(18)13(21-2)6-10(11)15(17)20/h6-7,9,18H,3-5,8H2,1-2H3. The van der Waals surface area contributed by atoms with Crippen molar-refractivity contribution in [3.63, 3.8) is 0 Å². The molecule has 1 aromatic heterocycles. The van der Waals surface area contributed by atoms with Gasteiger partial charge in [0.2, 0.25) is 0 Å². The van der Waals surface area contributed by atoms with Crippen LogP contribution in [0.15, 0.2) is 23.3 Å². The summed E-state index contributed by atoms with van der Waals surface area (Å²) >= 11 is 0. The number of hydrogen-bond donors (Lipinski definition) is 1. The van der Waals surface area contributed by atoms with Gasteiger partial charge in [0, 0.05) is 6.07 Å². The number of nitrogens with zero attached hydrogens (tertiary/aromatic N) is 2. The molecule has 118 valence electrons. The highest BCUT2D eigenvalue weighted by Gasteiger charge is 2.12. The number of carbonyl (C=O) groups is 1. The fraction of sp³-hybridized carbons (Fsp3) is 0.400. The Balaban J connectivity index is 2.28. The summed E-state index contributed by atoms with van der Waals surface area (Å²) in [6, 6.07) is 2.75. The molecule has 2 rings (SSSR count). The molecule has 0 aliphatic carbocycles. The Bertz CT molecular complexity index is 739. The minimum atomic E-state index is -0.484. The molecule has 0 saturated carbocycles. The van der Waals surface area contributed by atoms with Gasteiger partial charge in [-0.05, 0) is 12.5 Å². The first-order valence-corrected chi connectivity index (χ1v) is 6.98. The molecular formula is C15H18N2O5. The fourth-order valence-corrected chi connectivity index (χ4v) is 1.97. The lowest BCUT2D eigenvalue weighted by molar-refractivity contribution is -0.144. The van der Waals surface area contributed by atoms with Crippen LogP contribution in [0.3, 0.4) is 0 Å². The summed E-state index contributed by atoms with van der Waals surface area (Å²) < 4.78 is 11.2. The number of benzene rings is 1. The maximum absolute atomic E-state index is 12.4. The van der Waals surface area contributed by atoms with Crippen LogP contribution in [-0.4, -0.2) is 34.3 Å². The van der Waals surface area contributed by atoms with Crippen LogP contribution in [0.4, 0.5) is 0 Å². The highest BCUT2D eigenvalue weighted by molar-refractivity contribution is 5.81. The van der Waals surface area contributed by atoms with Gasteiger partial charge < -0.3 is 14.6 Å².